The summed E-state index contributed by atoms with van der Waals surface area (Å²) in [7, 11) is 0. The van der Waals surface area contributed by atoms with E-state index < -0.39 is 18.2 Å². The largest absolute Gasteiger partial charge is 0.491 e. The van der Waals surface area contributed by atoms with Gasteiger partial charge in [0.2, 0.25) is 0 Å². The second kappa shape index (κ2) is 12.3. The molecule has 0 heterocycles. The van der Waals surface area contributed by atoms with Crippen LogP contribution in [-0.2, 0) is 5.41 Å². The Morgan fingerprint density at radius 2 is 1.57 bits per heavy atom. The number of aliphatic hydroxyl groups is 2. The third-order valence-corrected chi connectivity index (χ3v) is 9.93. The van der Waals surface area contributed by atoms with Crippen molar-refractivity contribution in [2.45, 2.75) is 89.9 Å². The number of carbonyl (C=O) groups excluding carboxylic acids is 1. The Labute approximate surface area is 251 Å². The molecule has 1 unspecified atom stereocenters. The molecule has 2 aliphatic rings. The van der Waals surface area contributed by atoms with Crippen molar-refractivity contribution < 1.29 is 19.7 Å². The summed E-state index contributed by atoms with van der Waals surface area (Å²) < 4.78 is 6.36. The van der Waals surface area contributed by atoms with Gasteiger partial charge in [-0.1, -0.05) is 102 Å². The fraction of sp³-hybridized carbons (Fsp3) is 0.486. The van der Waals surface area contributed by atoms with E-state index in [4.69, 9.17) is 4.74 Å². The summed E-state index contributed by atoms with van der Waals surface area (Å²) in [5.74, 6) is 1.47. The second-order valence-electron chi connectivity index (χ2n) is 13.6. The smallest absolute Gasteiger partial charge is 0.163 e. The van der Waals surface area contributed by atoms with E-state index in [-0.39, 0.29) is 35.7 Å². The van der Waals surface area contributed by atoms with Crippen molar-refractivity contribution in [2.24, 2.45) is 11.3 Å². The summed E-state index contributed by atoms with van der Waals surface area (Å²) in [6, 6.07) is 23.2. The molecule has 5 atom stereocenters. The first-order valence-corrected chi connectivity index (χ1v) is 15.5. The monoisotopic (exact) mass is 569 g/mol. The SMILES string of the molecule is CC(C)c1cc2c(cc1OCC(O)CN[C@H](c1ccccc1)[C@@H](O)c1ccccc1)[C@@]1(C)CCCC(C)(C)[C@@H]1CC2=O. The van der Waals surface area contributed by atoms with Crippen molar-refractivity contribution in [1.29, 1.82) is 0 Å². The highest BCUT2D eigenvalue weighted by atomic mass is 16.5. The van der Waals surface area contributed by atoms with Crippen molar-refractivity contribution in [3.63, 3.8) is 0 Å². The van der Waals surface area contributed by atoms with Crippen molar-refractivity contribution >= 4 is 5.78 Å². The number of nitrogens with one attached hydrogen (secondary N) is 1. The van der Waals surface area contributed by atoms with Gasteiger partial charge in [0, 0.05) is 18.5 Å². The maximum absolute atomic E-state index is 13.4. The van der Waals surface area contributed by atoms with Crippen molar-refractivity contribution in [3.8, 4) is 5.75 Å². The predicted octanol–water partition coefficient (Wildman–Crippen LogP) is 7.28. The summed E-state index contributed by atoms with van der Waals surface area (Å²) in [6.07, 6.45) is 2.40. The minimum absolute atomic E-state index is 0.0741. The van der Waals surface area contributed by atoms with Gasteiger partial charge < -0.3 is 20.3 Å². The minimum atomic E-state index is -0.797. The van der Waals surface area contributed by atoms with Gasteiger partial charge in [-0.3, -0.25) is 4.79 Å². The first-order chi connectivity index (χ1) is 20.0. The maximum atomic E-state index is 13.4. The average molecular weight is 570 g/mol. The lowest BCUT2D eigenvalue weighted by Crippen LogP contribution is -2.49. The molecule has 1 saturated carbocycles. The van der Waals surface area contributed by atoms with E-state index in [1.165, 1.54) is 0 Å². The molecule has 0 spiro atoms. The highest BCUT2D eigenvalue weighted by molar-refractivity contribution is 6.00. The van der Waals surface area contributed by atoms with Gasteiger partial charge >= 0.3 is 0 Å². The predicted molar refractivity (Wildman–Crippen MR) is 168 cm³/mol. The van der Waals surface area contributed by atoms with Gasteiger partial charge in [0.1, 0.15) is 18.5 Å². The molecule has 224 valence electrons. The number of fused-ring (bicyclic) bond motifs is 3. The van der Waals surface area contributed by atoms with Crippen LogP contribution in [-0.4, -0.2) is 35.3 Å². The average Bonchev–Trinajstić information content (AvgIpc) is 2.98. The number of ketones is 1. The molecule has 0 radical (unpaired) electrons. The Kier molecular flexibility index (Phi) is 8.94. The molecule has 3 N–H and O–H groups in total. The van der Waals surface area contributed by atoms with Crippen LogP contribution in [0.2, 0.25) is 0 Å². The van der Waals surface area contributed by atoms with Crippen LogP contribution >= 0.6 is 0 Å². The summed E-state index contributed by atoms with van der Waals surface area (Å²) in [5, 5.41) is 25.7. The number of carbonyl (C=O) groups is 1. The van der Waals surface area contributed by atoms with Crippen LogP contribution in [0.1, 0.15) is 111 Å². The fourth-order valence-electron chi connectivity index (χ4n) is 7.54. The van der Waals surface area contributed by atoms with Crippen molar-refractivity contribution in [3.05, 3.63) is 101 Å². The normalized spacial score (nSPS) is 23.5. The highest BCUT2D eigenvalue weighted by Gasteiger charge is 2.52. The number of hydrogen-bond donors (Lipinski definition) is 3. The van der Waals surface area contributed by atoms with Crippen LogP contribution in [0.3, 0.4) is 0 Å². The molecule has 5 rings (SSSR count). The molecular formula is C37H47NO4. The zero-order valence-corrected chi connectivity index (χ0v) is 25.8. The number of rotatable bonds is 10. The lowest BCUT2D eigenvalue weighted by atomic mass is 9.50. The zero-order chi connectivity index (χ0) is 30.1. The van der Waals surface area contributed by atoms with Crippen LogP contribution < -0.4 is 10.1 Å². The molecule has 5 heteroatoms. The molecule has 0 bridgehead atoms. The zero-order valence-electron chi connectivity index (χ0n) is 25.8. The lowest BCUT2D eigenvalue weighted by Gasteiger charge is -2.54. The number of hydrogen-bond acceptors (Lipinski definition) is 5. The molecule has 42 heavy (non-hydrogen) atoms. The van der Waals surface area contributed by atoms with E-state index >= 15 is 0 Å². The molecule has 0 amide bonds. The van der Waals surface area contributed by atoms with Crippen LogP contribution in [0, 0.1) is 11.3 Å². The van der Waals surface area contributed by atoms with Crippen molar-refractivity contribution in [1.82, 2.24) is 5.32 Å². The van der Waals surface area contributed by atoms with E-state index in [0.717, 1.165) is 52.8 Å². The summed E-state index contributed by atoms with van der Waals surface area (Å²) in [4.78, 5) is 13.4. The second-order valence-corrected chi connectivity index (χ2v) is 13.6. The molecule has 2 aliphatic carbocycles. The van der Waals surface area contributed by atoms with E-state index in [1.54, 1.807) is 0 Å². The molecule has 1 fully saturated rings. The topological polar surface area (TPSA) is 78.8 Å². The Bertz CT molecular complexity index is 1370. The Morgan fingerprint density at radius 1 is 0.929 bits per heavy atom. The first-order valence-electron chi connectivity index (χ1n) is 15.5. The Morgan fingerprint density at radius 3 is 2.21 bits per heavy atom. The van der Waals surface area contributed by atoms with Gasteiger partial charge in [0.15, 0.2) is 5.78 Å². The molecule has 5 nitrogen and oxygen atoms in total. The quantitative estimate of drug-likeness (QED) is 0.239. The molecule has 0 aliphatic heterocycles. The molecule has 0 aromatic heterocycles. The molecular weight excluding hydrogens is 522 g/mol. The molecule has 3 aromatic carbocycles. The number of ether oxygens (including phenoxy) is 1. The van der Waals surface area contributed by atoms with Gasteiger partial charge in [-0.05, 0) is 69.9 Å². The van der Waals surface area contributed by atoms with Gasteiger partial charge in [-0.15, -0.1) is 0 Å². The standard InChI is InChI=1S/C37H47NO4/c1-24(2)28-19-29-30(37(5)18-12-17-36(3,4)33(37)21-31(29)40)20-32(28)42-23-27(39)22-38-34(25-13-8-6-9-14-25)35(41)26-15-10-7-11-16-26/h6-11,13-16,19-20,24,27,33-35,38-39,41H,12,17-18,21-23H2,1-5H3/t27?,33-,34+,35-,37+/m0/s1. The van der Waals surface area contributed by atoms with Gasteiger partial charge in [0.05, 0.1) is 12.1 Å². The summed E-state index contributed by atoms with van der Waals surface area (Å²) >= 11 is 0. The summed E-state index contributed by atoms with van der Waals surface area (Å²) in [5.41, 5.74) is 4.76. The van der Waals surface area contributed by atoms with E-state index in [9.17, 15) is 15.0 Å². The number of aliphatic hydroxyl groups excluding tert-OH is 2. The van der Waals surface area contributed by atoms with Crippen LogP contribution in [0.4, 0.5) is 0 Å². The third-order valence-electron chi connectivity index (χ3n) is 9.93. The lowest BCUT2D eigenvalue weighted by molar-refractivity contribution is 0.0365. The Hall–Kier alpha value is -2.99. The van der Waals surface area contributed by atoms with Crippen LogP contribution in [0.25, 0.3) is 0 Å². The number of Topliss-reactive ketones (excluding diaryl/α,β-unsaturated/α-hetero) is 1. The molecule has 3 aromatic rings. The van der Waals surface area contributed by atoms with Gasteiger partial charge in [0.25, 0.3) is 0 Å². The van der Waals surface area contributed by atoms with Gasteiger partial charge in [-0.25, -0.2) is 0 Å². The first kappa shape index (κ1) is 30.5. The van der Waals surface area contributed by atoms with Gasteiger partial charge in [-0.2, -0.15) is 0 Å². The van der Waals surface area contributed by atoms with Crippen LogP contribution in [0.15, 0.2) is 72.8 Å². The summed E-state index contributed by atoms with van der Waals surface area (Å²) in [6.45, 7) is 11.5. The molecule has 0 saturated heterocycles. The van der Waals surface area contributed by atoms with Crippen molar-refractivity contribution in [2.75, 3.05) is 13.2 Å². The van der Waals surface area contributed by atoms with E-state index in [2.05, 4.69) is 52.1 Å². The Balaban J connectivity index is 1.34. The maximum Gasteiger partial charge on any atom is 0.163 e. The fourth-order valence-corrected chi connectivity index (χ4v) is 7.54. The number of benzene rings is 3. The third kappa shape index (κ3) is 6.06. The van der Waals surface area contributed by atoms with Crippen LogP contribution in [0.5, 0.6) is 5.75 Å². The minimum Gasteiger partial charge on any atom is -0.491 e. The van der Waals surface area contributed by atoms with E-state index in [0.29, 0.717) is 12.3 Å². The highest BCUT2D eigenvalue weighted by Crippen LogP contribution is 2.57. The van der Waals surface area contributed by atoms with E-state index in [1.807, 2.05) is 60.7 Å².